The number of benzene rings is 2. The fraction of sp³-hybridized carbons (Fsp3) is 0.133. The smallest absolute Gasteiger partial charge is 0.253 e. The van der Waals surface area contributed by atoms with Crippen molar-refractivity contribution in [3.05, 3.63) is 63.6 Å². The summed E-state index contributed by atoms with van der Waals surface area (Å²) in [6.45, 7) is 1.90. The van der Waals surface area contributed by atoms with E-state index >= 15 is 0 Å². The number of rotatable bonds is 3. The van der Waals surface area contributed by atoms with Crippen molar-refractivity contribution in [1.29, 1.82) is 0 Å². The number of nitrogens with two attached hydrogens (primary N) is 1. The first kappa shape index (κ1) is 14.7. The number of carbonyl (C=O) groups is 1. The Balaban J connectivity index is 2.13. The summed E-state index contributed by atoms with van der Waals surface area (Å²) in [4.78, 5) is 12.2. The van der Waals surface area contributed by atoms with Gasteiger partial charge in [0.1, 0.15) is 0 Å². The molecular formula is C15H14Cl2N2O. The first-order valence-corrected chi connectivity index (χ1v) is 6.84. The Hall–Kier alpha value is -1.71. The molecule has 1 atom stereocenters. The molecule has 0 heterocycles. The highest BCUT2D eigenvalue weighted by atomic mass is 35.5. The minimum absolute atomic E-state index is 0.144. The highest BCUT2D eigenvalue weighted by molar-refractivity contribution is 6.31. The number of amides is 1. The molecule has 0 radical (unpaired) electrons. The second-order valence-corrected chi connectivity index (χ2v) is 5.35. The third kappa shape index (κ3) is 3.44. The molecule has 0 saturated heterocycles. The van der Waals surface area contributed by atoms with Crippen molar-refractivity contribution < 1.29 is 4.79 Å². The third-order valence-corrected chi connectivity index (χ3v) is 3.46. The van der Waals surface area contributed by atoms with Crippen molar-refractivity contribution in [3.63, 3.8) is 0 Å². The monoisotopic (exact) mass is 308 g/mol. The summed E-state index contributed by atoms with van der Waals surface area (Å²) in [6.07, 6.45) is 0. The van der Waals surface area contributed by atoms with Gasteiger partial charge in [-0.25, -0.2) is 0 Å². The van der Waals surface area contributed by atoms with E-state index in [-0.39, 0.29) is 11.9 Å². The van der Waals surface area contributed by atoms with Crippen LogP contribution in [-0.2, 0) is 0 Å². The van der Waals surface area contributed by atoms with Gasteiger partial charge in [-0.3, -0.25) is 4.79 Å². The highest BCUT2D eigenvalue weighted by Gasteiger charge is 2.14. The van der Waals surface area contributed by atoms with E-state index in [2.05, 4.69) is 5.32 Å². The van der Waals surface area contributed by atoms with E-state index in [9.17, 15) is 4.79 Å². The van der Waals surface area contributed by atoms with Crippen LogP contribution in [0.15, 0.2) is 42.5 Å². The van der Waals surface area contributed by atoms with Crippen LogP contribution in [0.4, 0.5) is 5.69 Å². The lowest BCUT2D eigenvalue weighted by Crippen LogP contribution is -2.27. The van der Waals surface area contributed by atoms with Gasteiger partial charge >= 0.3 is 0 Å². The van der Waals surface area contributed by atoms with Gasteiger partial charge < -0.3 is 11.1 Å². The molecule has 0 aliphatic heterocycles. The Morgan fingerprint density at radius 2 is 1.70 bits per heavy atom. The Labute approximate surface area is 127 Å². The van der Waals surface area contributed by atoms with Gasteiger partial charge in [-0.1, -0.05) is 35.3 Å². The van der Waals surface area contributed by atoms with E-state index < -0.39 is 0 Å². The van der Waals surface area contributed by atoms with Crippen molar-refractivity contribution in [2.24, 2.45) is 0 Å². The van der Waals surface area contributed by atoms with Gasteiger partial charge in [0.25, 0.3) is 5.91 Å². The molecule has 0 fully saturated rings. The Morgan fingerprint density at radius 1 is 1.10 bits per heavy atom. The van der Waals surface area contributed by atoms with Crippen LogP contribution < -0.4 is 11.1 Å². The van der Waals surface area contributed by atoms with Crippen LogP contribution in [0.1, 0.15) is 28.9 Å². The molecule has 2 aromatic rings. The molecule has 0 spiro atoms. The van der Waals surface area contributed by atoms with Gasteiger partial charge in [0.15, 0.2) is 0 Å². The molecule has 2 rings (SSSR count). The van der Waals surface area contributed by atoms with Gasteiger partial charge in [0.2, 0.25) is 0 Å². The Morgan fingerprint density at radius 3 is 2.30 bits per heavy atom. The SMILES string of the molecule is C[C@@H](NC(=O)c1ccc(Cl)cc1N)c1ccc(Cl)cc1. The average Bonchev–Trinajstić information content (AvgIpc) is 2.39. The number of nitrogen functional groups attached to an aromatic ring is 1. The number of hydrogen-bond acceptors (Lipinski definition) is 2. The van der Waals surface area contributed by atoms with Crippen LogP contribution >= 0.6 is 23.2 Å². The van der Waals surface area contributed by atoms with E-state index in [1.807, 2.05) is 19.1 Å². The molecule has 0 saturated carbocycles. The zero-order chi connectivity index (χ0) is 14.7. The van der Waals surface area contributed by atoms with E-state index in [0.717, 1.165) is 5.56 Å². The lowest BCUT2D eigenvalue weighted by molar-refractivity contribution is 0.0941. The minimum Gasteiger partial charge on any atom is -0.398 e. The summed E-state index contributed by atoms with van der Waals surface area (Å²) in [5.74, 6) is -0.235. The van der Waals surface area contributed by atoms with Crippen molar-refractivity contribution in [2.75, 3.05) is 5.73 Å². The number of hydrogen-bond donors (Lipinski definition) is 2. The molecule has 3 nitrogen and oxygen atoms in total. The van der Waals surface area contributed by atoms with E-state index in [4.69, 9.17) is 28.9 Å². The summed E-state index contributed by atoms with van der Waals surface area (Å²) in [5.41, 5.74) is 7.53. The summed E-state index contributed by atoms with van der Waals surface area (Å²) < 4.78 is 0. The topological polar surface area (TPSA) is 55.1 Å². The fourth-order valence-corrected chi connectivity index (χ4v) is 2.16. The van der Waals surface area contributed by atoms with Crippen LogP contribution in [-0.4, -0.2) is 5.91 Å². The Kier molecular flexibility index (Phi) is 4.53. The quantitative estimate of drug-likeness (QED) is 0.840. The second kappa shape index (κ2) is 6.16. The molecule has 0 aliphatic carbocycles. The first-order valence-electron chi connectivity index (χ1n) is 6.08. The number of halogens is 2. The molecule has 0 aliphatic rings. The largest absolute Gasteiger partial charge is 0.398 e. The summed E-state index contributed by atoms with van der Waals surface area (Å²) >= 11 is 11.7. The van der Waals surface area contributed by atoms with Crippen LogP contribution in [0.25, 0.3) is 0 Å². The predicted octanol–water partition coefficient (Wildman–Crippen LogP) is 4.07. The van der Waals surface area contributed by atoms with Crippen LogP contribution in [0.2, 0.25) is 10.0 Å². The maximum absolute atomic E-state index is 12.2. The van der Waals surface area contributed by atoms with Crippen molar-refractivity contribution in [2.45, 2.75) is 13.0 Å². The van der Waals surface area contributed by atoms with Crippen LogP contribution in [0, 0.1) is 0 Å². The number of anilines is 1. The third-order valence-electron chi connectivity index (χ3n) is 2.98. The normalized spacial score (nSPS) is 11.9. The molecule has 5 heteroatoms. The molecular weight excluding hydrogens is 295 g/mol. The highest BCUT2D eigenvalue weighted by Crippen LogP contribution is 2.20. The van der Waals surface area contributed by atoms with Crippen LogP contribution in [0.5, 0.6) is 0 Å². The van der Waals surface area contributed by atoms with Gasteiger partial charge in [-0.15, -0.1) is 0 Å². The second-order valence-electron chi connectivity index (χ2n) is 4.48. The molecule has 3 N–H and O–H groups in total. The molecule has 0 bridgehead atoms. The lowest BCUT2D eigenvalue weighted by atomic mass is 10.1. The lowest BCUT2D eigenvalue weighted by Gasteiger charge is -2.15. The number of nitrogens with one attached hydrogen (secondary N) is 1. The summed E-state index contributed by atoms with van der Waals surface area (Å²) in [7, 11) is 0. The Bertz CT molecular complexity index is 626. The van der Waals surface area contributed by atoms with Gasteiger partial charge in [-0.2, -0.15) is 0 Å². The van der Waals surface area contributed by atoms with E-state index in [1.165, 1.54) is 0 Å². The van der Waals surface area contributed by atoms with Crippen LogP contribution in [0.3, 0.4) is 0 Å². The van der Waals surface area contributed by atoms with Gasteiger partial charge in [0.05, 0.1) is 11.6 Å². The average molecular weight is 309 g/mol. The molecule has 0 aromatic heterocycles. The maximum atomic E-state index is 12.2. The van der Waals surface area contributed by atoms with Gasteiger partial charge in [0, 0.05) is 15.7 Å². The van der Waals surface area contributed by atoms with Crippen molar-refractivity contribution in [3.8, 4) is 0 Å². The fourth-order valence-electron chi connectivity index (χ4n) is 1.85. The van der Waals surface area contributed by atoms with E-state index in [0.29, 0.717) is 21.3 Å². The minimum atomic E-state index is -0.235. The van der Waals surface area contributed by atoms with Crippen molar-refractivity contribution >= 4 is 34.8 Å². The first-order chi connectivity index (χ1) is 9.47. The van der Waals surface area contributed by atoms with Gasteiger partial charge in [-0.05, 0) is 42.8 Å². The summed E-state index contributed by atoms with van der Waals surface area (Å²) in [6, 6.07) is 12.0. The maximum Gasteiger partial charge on any atom is 0.253 e. The summed E-state index contributed by atoms with van der Waals surface area (Å²) in [5, 5.41) is 4.05. The molecule has 104 valence electrons. The van der Waals surface area contributed by atoms with Crippen molar-refractivity contribution in [1.82, 2.24) is 5.32 Å². The van der Waals surface area contributed by atoms with E-state index in [1.54, 1.807) is 30.3 Å². The number of carbonyl (C=O) groups excluding carboxylic acids is 1. The molecule has 1 amide bonds. The zero-order valence-electron chi connectivity index (χ0n) is 10.9. The molecule has 20 heavy (non-hydrogen) atoms. The standard InChI is InChI=1S/C15H14Cl2N2O/c1-9(10-2-4-11(16)5-3-10)19-15(20)13-7-6-12(17)8-14(13)18/h2-9H,18H2,1H3,(H,19,20)/t9-/m1/s1. The molecule has 2 aromatic carbocycles. The predicted molar refractivity (Wildman–Crippen MR) is 83.2 cm³/mol. The zero-order valence-corrected chi connectivity index (χ0v) is 12.4. The molecule has 0 unspecified atom stereocenters.